The van der Waals surface area contributed by atoms with E-state index in [-0.39, 0.29) is 23.1 Å². The number of hydrogen-bond acceptors (Lipinski definition) is 6. The summed E-state index contributed by atoms with van der Waals surface area (Å²) in [7, 11) is 0. The molecule has 0 aromatic heterocycles. The number of carbonyl (C=O) groups is 4. The van der Waals surface area contributed by atoms with Crippen LogP contribution in [0.15, 0.2) is 24.3 Å². The number of hydrogen-bond donors (Lipinski definition) is 0. The molecule has 160 valence electrons. The maximum Gasteiger partial charge on any atom is 0.410 e. The SMILES string of the molecule is CC(C)(C)OC(=O)N1CCC(C2(C(=O)ON3C(=O)c4ccccc4C3=O)CC2)CC1. The molecule has 0 N–H and O–H groups in total. The number of nitrogens with zero attached hydrogens (tertiary/aromatic N) is 2. The lowest BCUT2D eigenvalue weighted by atomic mass is 9.81. The minimum absolute atomic E-state index is 0.0406. The highest BCUT2D eigenvalue weighted by molar-refractivity contribution is 6.21. The third kappa shape index (κ3) is 3.55. The summed E-state index contributed by atoms with van der Waals surface area (Å²) < 4.78 is 5.42. The highest BCUT2D eigenvalue weighted by Gasteiger charge is 2.58. The molecule has 3 amide bonds. The van der Waals surface area contributed by atoms with Gasteiger partial charge in [0.1, 0.15) is 5.60 Å². The maximum absolute atomic E-state index is 13.0. The third-order valence-electron chi connectivity index (χ3n) is 6.05. The van der Waals surface area contributed by atoms with Crippen molar-refractivity contribution in [2.75, 3.05) is 13.1 Å². The lowest BCUT2D eigenvalue weighted by Gasteiger charge is -2.36. The van der Waals surface area contributed by atoms with Crippen molar-refractivity contribution in [3.8, 4) is 0 Å². The first-order valence-corrected chi connectivity index (χ1v) is 10.3. The van der Waals surface area contributed by atoms with Crippen LogP contribution in [0.4, 0.5) is 4.79 Å². The van der Waals surface area contributed by atoms with Crippen LogP contribution in [0.1, 0.15) is 67.2 Å². The number of carbonyl (C=O) groups excluding carboxylic acids is 4. The number of imide groups is 1. The smallest absolute Gasteiger partial charge is 0.410 e. The molecular weight excluding hydrogens is 388 g/mol. The highest BCUT2D eigenvalue weighted by Crippen LogP contribution is 2.56. The van der Waals surface area contributed by atoms with Crippen LogP contribution < -0.4 is 0 Å². The molecule has 1 saturated heterocycles. The van der Waals surface area contributed by atoms with Gasteiger partial charge in [-0.3, -0.25) is 9.59 Å². The van der Waals surface area contributed by atoms with Crippen LogP contribution in [0.5, 0.6) is 0 Å². The largest absolute Gasteiger partial charge is 0.444 e. The van der Waals surface area contributed by atoms with E-state index in [1.54, 1.807) is 29.2 Å². The van der Waals surface area contributed by atoms with Crippen molar-refractivity contribution < 1.29 is 28.8 Å². The van der Waals surface area contributed by atoms with Gasteiger partial charge >= 0.3 is 12.1 Å². The van der Waals surface area contributed by atoms with Crippen LogP contribution in [0.3, 0.4) is 0 Å². The van der Waals surface area contributed by atoms with Crippen LogP contribution >= 0.6 is 0 Å². The summed E-state index contributed by atoms with van der Waals surface area (Å²) in [5.74, 6) is -1.72. The number of piperidine rings is 1. The molecule has 8 heteroatoms. The fourth-order valence-electron chi connectivity index (χ4n) is 4.28. The van der Waals surface area contributed by atoms with Crippen molar-refractivity contribution in [2.24, 2.45) is 11.3 Å². The average Bonchev–Trinajstić information content (AvgIpc) is 3.48. The molecule has 1 aromatic carbocycles. The van der Waals surface area contributed by atoms with Crippen molar-refractivity contribution in [2.45, 2.75) is 52.1 Å². The fourth-order valence-corrected chi connectivity index (χ4v) is 4.28. The molecule has 3 aliphatic rings. The third-order valence-corrected chi connectivity index (χ3v) is 6.05. The Balaban J connectivity index is 1.38. The van der Waals surface area contributed by atoms with E-state index >= 15 is 0 Å². The predicted octanol–water partition coefficient (Wildman–Crippen LogP) is 3.17. The van der Waals surface area contributed by atoms with Gasteiger partial charge in [0.15, 0.2) is 0 Å². The summed E-state index contributed by atoms with van der Waals surface area (Å²) in [6.45, 7) is 6.48. The van der Waals surface area contributed by atoms with Gasteiger partial charge in [0, 0.05) is 13.1 Å². The molecule has 2 aliphatic heterocycles. The zero-order valence-corrected chi connectivity index (χ0v) is 17.5. The van der Waals surface area contributed by atoms with E-state index in [0.29, 0.717) is 43.8 Å². The Morgan fingerprint density at radius 2 is 1.53 bits per heavy atom. The lowest BCUT2D eigenvalue weighted by Crippen LogP contribution is -2.45. The van der Waals surface area contributed by atoms with Crippen molar-refractivity contribution in [1.29, 1.82) is 0 Å². The van der Waals surface area contributed by atoms with Crippen LogP contribution in [0, 0.1) is 11.3 Å². The van der Waals surface area contributed by atoms with Crippen molar-refractivity contribution >= 4 is 23.9 Å². The number of rotatable bonds is 3. The Morgan fingerprint density at radius 3 is 2.00 bits per heavy atom. The Kier molecular flexibility index (Phi) is 4.83. The van der Waals surface area contributed by atoms with Crippen LogP contribution in [-0.4, -0.2) is 52.5 Å². The molecule has 1 saturated carbocycles. The number of fused-ring (bicyclic) bond motifs is 1. The summed E-state index contributed by atoms with van der Waals surface area (Å²) in [4.78, 5) is 57.1. The minimum Gasteiger partial charge on any atom is -0.444 e. The van der Waals surface area contributed by atoms with E-state index in [1.807, 2.05) is 20.8 Å². The van der Waals surface area contributed by atoms with Gasteiger partial charge in [-0.05, 0) is 64.5 Å². The second-order valence-corrected chi connectivity index (χ2v) is 9.23. The molecule has 0 bridgehead atoms. The maximum atomic E-state index is 13.0. The molecule has 1 aliphatic carbocycles. The number of likely N-dealkylation sites (tertiary alicyclic amines) is 1. The van der Waals surface area contributed by atoms with Gasteiger partial charge in [-0.2, -0.15) is 0 Å². The molecule has 0 atom stereocenters. The topological polar surface area (TPSA) is 93.2 Å². The minimum atomic E-state index is -0.685. The van der Waals surface area contributed by atoms with Crippen molar-refractivity contribution in [1.82, 2.24) is 9.96 Å². The number of ether oxygens (including phenoxy) is 1. The molecule has 1 aromatic rings. The normalized spacial score (nSPS) is 20.8. The van der Waals surface area contributed by atoms with Gasteiger partial charge in [0.2, 0.25) is 0 Å². The van der Waals surface area contributed by atoms with E-state index in [1.165, 1.54) is 0 Å². The molecular formula is C22H26N2O6. The lowest BCUT2D eigenvalue weighted by molar-refractivity contribution is -0.178. The molecule has 0 spiro atoms. The summed E-state index contributed by atoms with van der Waals surface area (Å²) in [6.07, 6.45) is 2.27. The monoisotopic (exact) mass is 414 g/mol. The van der Waals surface area contributed by atoms with Gasteiger partial charge in [0.25, 0.3) is 11.8 Å². The number of hydroxylamine groups is 2. The molecule has 0 unspecified atom stereocenters. The first-order chi connectivity index (χ1) is 14.1. The number of benzene rings is 1. The van der Waals surface area contributed by atoms with Gasteiger partial charge in [-0.1, -0.05) is 17.2 Å². The summed E-state index contributed by atoms with van der Waals surface area (Å²) in [5, 5.41) is 0.586. The molecule has 4 rings (SSSR count). The summed E-state index contributed by atoms with van der Waals surface area (Å²) in [6, 6.07) is 6.41. The first kappa shape index (κ1) is 20.4. The zero-order chi connectivity index (χ0) is 21.7. The Morgan fingerprint density at radius 1 is 1.00 bits per heavy atom. The predicted molar refractivity (Wildman–Crippen MR) is 105 cm³/mol. The Labute approximate surface area is 175 Å². The van der Waals surface area contributed by atoms with Gasteiger partial charge in [-0.15, -0.1) is 0 Å². The second-order valence-electron chi connectivity index (χ2n) is 9.23. The second kappa shape index (κ2) is 7.11. The fraction of sp³-hybridized carbons (Fsp3) is 0.545. The summed E-state index contributed by atoms with van der Waals surface area (Å²) in [5.41, 5.74) is -0.756. The van der Waals surface area contributed by atoms with Crippen LogP contribution in [-0.2, 0) is 14.4 Å². The van der Waals surface area contributed by atoms with Crippen LogP contribution in [0.25, 0.3) is 0 Å². The van der Waals surface area contributed by atoms with E-state index in [2.05, 4.69) is 0 Å². The molecule has 0 radical (unpaired) electrons. The van der Waals surface area contributed by atoms with Gasteiger partial charge < -0.3 is 14.5 Å². The molecule has 2 heterocycles. The van der Waals surface area contributed by atoms with Crippen molar-refractivity contribution in [3.05, 3.63) is 35.4 Å². The first-order valence-electron chi connectivity index (χ1n) is 10.3. The van der Waals surface area contributed by atoms with E-state index < -0.39 is 28.8 Å². The van der Waals surface area contributed by atoms with Gasteiger partial charge in [-0.25, -0.2) is 9.59 Å². The van der Waals surface area contributed by atoms with E-state index in [4.69, 9.17) is 9.57 Å². The Bertz CT molecular complexity index is 871. The zero-order valence-electron chi connectivity index (χ0n) is 17.5. The molecule has 30 heavy (non-hydrogen) atoms. The van der Waals surface area contributed by atoms with E-state index in [0.717, 1.165) is 0 Å². The molecule has 8 nitrogen and oxygen atoms in total. The number of amides is 3. The molecule has 2 fully saturated rings. The van der Waals surface area contributed by atoms with Gasteiger partial charge in [0.05, 0.1) is 16.5 Å². The van der Waals surface area contributed by atoms with Crippen LogP contribution in [0.2, 0.25) is 0 Å². The van der Waals surface area contributed by atoms with E-state index in [9.17, 15) is 19.2 Å². The van der Waals surface area contributed by atoms with Crippen molar-refractivity contribution in [3.63, 3.8) is 0 Å². The Hall–Kier alpha value is -2.90. The highest BCUT2D eigenvalue weighted by atomic mass is 16.7. The quantitative estimate of drug-likeness (QED) is 0.706. The standard InChI is InChI=1S/C22H26N2O6/c1-21(2,3)29-20(28)23-12-8-14(9-13-23)22(10-11-22)19(27)30-24-17(25)15-6-4-5-7-16(15)18(24)26/h4-7,14H,8-13H2,1-3H3. The average molecular weight is 414 g/mol. The summed E-state index contributed by atoms with van der Waals surface area (Å²) >= 11 is 0.